The van der Waals surface area contributed by atoms with Gasteiger partial charge in [0.05, 0.1) is 18.6 Å². The molecule has 158 valence electrons. The zero-order valence-corrected chi connectivity index (χ0v) is 17.1. The van der Waals surface area contributed by atoms with E-state index in [1.165, 1.54) is 29.5 Å². The number of nitrogens with zero attached hydrogens (tertiary/aromatic N) is 2. The minimum Gasteiger partial charge on any atom is -0.385 e. The van der Waals surface area contributed by atoms with Crippen molar-refractivity contribution in [3.63, 3.8) is 0 Å². The number of carbonyl (C=O) groups is 3. The zero-order valence-electron chi connectivity index (χ0n) is 17.1. The molecule has 2 atom stereocenters. The zero-order chi connectivity index (χ0) is 22.1. The number of aliphatic imine (C=N–C) groups is 1. The second-order valence-corrected chi connectivity index (χ2v) is 6.62. The first kappa shape index (κ1) is 24.1. The van der Waals surface area contributed by atoms with E-state index in [9.17, 15) is 23.2 Å². The smallest absolute Gasteiger partial charge is 0.255 e. The molecule has 2 unspecified atom stereocenters. The summed E-state index contributed by atoms with van der Waals surface area (Å²) in [5.41, 5.74) is 1.45. The minimum atomic E-state index is -2.55. The van der Waals surface area contributed by atoms with Crippen LogP contribution in [-0.2, 0) is 14.4 Å². The molecule has 1 heterocycles. The maximum absolute atomic E-state index is 13.1. The van der Waals surface area contributed by atoms with Gasteiger partial charge in [-0.1, -0.05) is 6.92 Å². The lowest BCUT2D eigenvalue weighted by Gasteiger charge is -2.31. The molecule has 0 saturated heterocycles. The van der Waals surface area contributed by atoms with Crippen LogP contribution in [0.1, 0.15) is 34.1 Å². The largest absolute Gasteiger partial charge is 0.385 e. The molecule has 1 aliphatic rings. The lowest BCUT2D eigenvalue weighted by molar-refractivity contribution is -0.127. The molecule has 0 saturated carbocycles. The van der Waals surface area contributed by atoms with Crippen LogP contribution in [-0.4, -0.2) is 54.6 Å². The summed E-state index contributed by atoms with van der Waals surface area (Å²) < 4.78 is 25.0. The standard InChI is InChI=1S/C21H27F2N3O3/c1-6-18(28)20-15(4)26(21(29)17(20)7-8-24-5)14(3)16(9-13(2)12-27)10-25-11-19(22)23/h7-10,12,14-15,19,25H,5-6,11H2,1-4H3/b8-7-,13-9?,16-10?. The Morgan fingerprint density at radius 2 is 2.07 bits per heavy atom. The summed E-state index contributed by atoms with van der Waals surface area (Å²) in [6, 6.07) is -1.11. The van der Waals surface area contributed by atoms with Gasteiger partial charge in [-0.3, -0.25) is 19.4 Å². The van der Waals surface area contributed by atoms with Gasteiger partial charge in [0.25, 0.3) is 12.3 Å². The summed E-state index contributed by atoms with van der Waals surface area (Å²) in [7, 11) is 0. The highest BCUT2D eigenvalue weighted by Crippen LogP contribution is 2.32. The molecule has 1 rings (SSSR count). The molecule has 6 nitrogen and oxygen atoms in total. The van der Waals surface area contributed by atoms with Crippen LogP contribution in [0.15, 0.2) is 51.8 Å². The van der Waals surface area contributed by atoms with Gasteiger partial charge in [-0.25, -0.2) is 8.78 Å². The number of amides is 1. The lowest BCUT2D eigenvalue weighted by Crippen LogP contribution is -2.42. The molecule has 0 fully saturated rings. The van der Waals surface area contributed by atoms with Crippen LogP contribution in [0, 0.1) is 0 Å². The molecule has 1 aliphatic heterocycles. The molecule has 0 aromatic heterocycles. The fourth-order valence-corrected chi connectivity index (χ4v) is 3.17. The molecular formula is C21H27F2N3O3. The van der Waals surface area contributed by atoms with Crippen molar-refractivity contribution in [2.75, 3.05) is 6.54 Å². The van der Waals surface area contributed by atoms with E-state index in [1.807, 2.05) is 0 Å². The first-order valence-corrected chi connectivity index (χ1v) is 9.26. The summed E-state index contributed by atoms with van der Waals surface area (Å²) in [6.45, 7) is 9.51. The minimum absolute atomic E-state index is 0.162. The Balaban J connectivity index is 3.36. The number of nitrogens with one attached hydrogen (secondary N) is 1. The van der Waals surface area contributed by atoms with E-state index in [0.717, 1.165) is 0 Å². The monoisotopic (exact) mass is 407 g/mol. The molecule has 8 heteroatoms. The molecule has 29 heavy (non-hydrogen) atoms. The number of rotatable bonds is 11. The van der Waals surface area contributed by atoms with Crippen molar-refractivity contribution in [2.24, 2.45) is 4.99 Å². The van der Waals surface area contributed by atoms with Gasteiger partial charge in [-0.2, -0.15) is 0 Å². The SMILES string of the molecule is C=N/C=C\C1=C(C(=O)CC)C(C)N(C(C)C(C=C(C)C=O)=CNCC(F)F)C1=O. The Bertz CT molecular complexity index is 782. The van der Waals surface area contributed by atoms with Crippen LogP contribution < -0.4 is 5.32 Å². The Morgan fingerprint density at radius 3 is 2.59 bits per heavy atom. The topological polar surface area (TPSA) is 78.8 Å². The number of ketones is 1. The van der Waals surface area contributed by atoms with Crippen LogP contribution >= 0.6 is 0 Å². The third-order valence-corrected chi connectivity index (χ3v) is 4.58. The predicted octanol–water partition coefficient (Wildman–Crippen LogP) is 2.98. The van der Waals surface area contributed by atoms with E-state index in [-0.39, 0.29) is 23.7 Å². The molecule has 0 aliphatic carbocycles. The van der Waals surface area contributed by atoms with E-state index in [4.69, 9.17) is 0 Å². The van der Waals surface area contributed by atoms with E-state index < -0.39 is 25.1 Å². The number of halogens is 2. The highest BCUT2D eigenvalue weighted by molar-refractivity contribution is 6.11. The highest BCUT2D eigenvalue weighted by Gasteiger charge is 2.40. The average Bonchev–Trinajstić information content (AvgIpc) is 2.93. The Morgan fingerprint density at radius 1 is 1.41 bits per heavy atom. The number of hydrogen-bond acceptors (Lipinski definition) is 5. The second kappa shape index (κ2) is 11.2. The first-order chi connectivity index (χ1) is 13.7. The Hall–Kier alpha value is -2.90. The van der Waals surface area contributed by atoms with Crippen molar-refractivity contribution in [3.05, 3.63) is 46.8 Å². The van der Waals surface area contributed by atoms with Gasteiger partial charge in [0.1, 0.15) is 6.29 Å². The van der Waals surface area contributed by atoms with Gasteiger partial charge in [-0.05, 0) is 50.8 Å². The molecule has 1 N–H and O–H groups in total. The van der Waals surface area contributed by atoms with Crippen molar-refractivity contribution >= 4 is 24.7 Å². The maximum atomic E-state index is 13.1. The van der Waals surface area contributed by atoms with Crippen molar-refractivity contribution in [1.29, 1.82) is 0 Å². The number of hydrogen-bond donors (Lipinski definition) is 1. The van der Waals surface area contributed by atoms with Gasteiger partial charge in [0.2, 0.25) is 0 Å². The van der Waals surface area contributed by atoms with Crippen molar-refractivity contribution in [2.45, 2.75) is 52.6 Å². The molecule has 0 radical (unpaired) electrons. The Kier molecular flexibility index (Phi) is 9.31. The van der Waals surface area contributed by atoms with Gasteiger partial charge in [0, 0.05) is 30.0 Å². The van der Waals surface area contributed by atoms with E-state index >= 15 is 0 Å². The van der Waals surface area contributed by atoms with Crippen molar-refractivity contribution in [1.82, 2.24) is 10.2 Å². The van der Waals surface area contributed by atoms with E-state index in [0.29, 0.717) is 23.0 Å². The van der Waals surface area contributed by atoms with Crippen molar-refractivity contribution in [3.8, 4) is 0 Å². The van der Waals surface area contributed by atoms with Gasteiger partial charge in [-0.15, -0.1) is 0 Å². The average molecular weight is 407 g/mol. The van der Waals surface area contributed by atoms with Crippen LogP contribution in [0.25, 0.3) is 0 Å². The molecule has 0 spiro atoms. The third-order valence-electron chi connectivity index (χ3n) is 4.58. The quantitative estimate of drug-likeness (QED) is 0.247. The molecule has 0 aromatic carbocycles. The fourth-order valence-electron chi connectivity index (χ4n) is 3.17. The highest BCUT2D eigenvalue weighted by atomic mass is 19.3. The summed E-state index contributed by atoms with van der Waals surface area (Å²) in [5.74, 6) is -0.538. The van der Waals surface area contributed by atoms with Crippen LogP contribution in [0.5, 0.6) is 0 Å². The van der Waals surface area contributed by atoms with Gasteiger partial charge >= 0.3 is 0 Å². The Labute approximate surface area is 169 Å². The van der Waals surface area contributed by atoms with Crippen LogP contribution in [0.4, 0.5) is 8.78 Å². The normalized spacial score (nSPS) is 19.3. The van der Waals surface area contributed by atoms with Gasteiger partial charge in [0.15, 0.2) is 5.78 Å². The number of alkyl halides is 2. The second-order valence-electron chi connectivity index (χ2n) is 6.62. The predicted molar refractivity (Wildman–Crippen MR) is 109 cm³/mol. The molecular weight excluding hydrogens is 380 g/mol. The van der Waals surface area contributed by atoms with Gasteiger partial charge < -0.3 is 10.2 Å². The van der Waals surface area contributed by atoms with Crippen molar-refractivity contribution < 1.29 is 23.2 Å². The number of Topliss-reactive ketones (excluding diaryl/α,β-unsaturated/α-hetero) is 1. The number of aldehydes is 1. The third kappa shape index (κ3) is 6.04. The summed E-state index contributed by atoms with van der Waals surface area (Å²) in [6.07, 6.45) is 4.00. The fraction of sp³-hybridized carbons (Fsp3) is 0.429. The summed E-state index contributed by atoms with van der Waals surface area (Å²) in [4.78, 5) is 41.7. The summed E-state index contributed by atoms with van der Waals surface area (Å²) in [5, 5.41) is 2.51. The maximum Gasteiger partial charge on any atom is 0.255 e. The lowest BCUT2D eigenvalue weighted by atomic mass is 9.98. The van der Waals surface area contributed by atoms with Crippen LogP contribution in [0.2, 0.25) is 0 Å². The van der Waals surface area contributed by atoms with Crippen LogP contribution in [0.3, 0.4) is 0 Å². The molecule has 0 bridgehead atoms. The van der Waals surface area contributed by atoms with E-state index in [2.05, 4.69) is 17.0 Å². The number of allylic oxidation sites excluding steroid dienone is 1. The first-order valence-electron chi connectivity index (χ1n) is 9.26. The van der Waals surface area contributed by atoms with E-state index in [1.54, 1.807) is 27.7 Å². The molecule has 0 aromatic rings. The summed E-state index contributed by atoms with van der Waals surface area (Å²) >= 11 is 0. The number of carbonyl (C=O) groups excluding carboxylic acids is 3. The molecule has 1 amide bonds.